The number of benzene rings is 2. The molecule has 4 nitrogen and oxygen atoms in total. The Balaban J connectivity index is 2.03. The maximum Gasteiger partial charge on any atom is 0.417 e. The molecule has 0 saturated heterocycles. The monoisotopic (exact) mass is 448 g/mol. The van der Waals surface area contributed by atoms with Crippen molar-refractivity contribution in [2.45, 2.75) is 50.8 Å². The van der Waals surface area contributed by atoms with Crippen LogP contribution in [0.1, 0.15) is 42.7 Å². The molecular formula is C24H24F4N2O2. The fourth-order valence-corrected chi connectivity index (χ4v) is 4.25. The third-order valence-corrected chi connectivity index (χ3v) is 5.77. The Morgan fingerprint density at radius 3 is 2.41 bits per heavy atom. The van der Waals surface area contributed by atoms with Gasteiger partial charge in [0.2, 0.25) is 0 Å². The standard InChI is InChI=1S/C24H24F4N2O2/c1-14-7-15(12-29)8-20-18(14)10-17(30-20)11-23(31,24(26,27)28)13-22(2,3)19-9-16(25)5-6-21(19)32-4/h5-10,30-31H,11,13H2,1-4H3. The summed E-state index contributed by atoms with van der Waals surface area (Å²) in [6, 6.07) is 10.4. The van der Waals surface area contributed by atoms with Gasteiger partial charge in [-0.05, 0) is 60.7 Å². The zero-order valence-corrected chi connectivity index (χ0v) is 18.2. The van der Waals surface area contributed by atoms with E-state index in [1.54, 1.807) is 25.1 Å². The van der Waals surface area contributed by atoms with Crippen molar-refractivity contribution in [2.75, 3.05) is 7.11 Å². The van der Waals surface area contributed by atoms with Gasteiger partial charge in [0, 0.05) is 28.6 Å². The molecule has 0 bridgehead atoms. The average molecular weight is 448 g/mol. The average Bonchev–Trinajstić information content (AvgIpc) is 3.09. The minimum atomic E-state index is -4.95. The van der Waals surface area contributed by atoms with Crippen molar-refractivity contribution < 1.29 is 27.4 Å². The van der Waals surface area contributed by atoms with Crippen LogP contribution in [-0.2, 0) is 11.8 Å². The van der Waals surface area contributed by atoms with Gasteiger partial charge in [-0.15, -0.1) is 0 Å². The number of aliphatic hydroxyl groups is 1. The lowest BCUT2D eigenvalue weighted by Crippen LogP contribution is -2.51. The number of methoxy groups -OCH3 is 1. The molecule has 0 saturated carbocycles. The Morgan fingerprint density at radius 2 is 1.81 bits per heavy atom. The van der Waals surface area contributed by atoms with Crippen molar-refractivity contribution in [2.24, 2.45) is 0 Å². The highest BCUT2D eigenvalue weighted by molar-refractivity contribution is 5.85. The van der Waals surface area contributed by atoms with Crippen LogP contribution in [0, 0.1) is 24.1 Å². The molecule has 0 amide bonds. The van der Waals surface area contributed by atoms with Crippen LogP contribution in [0.4, 0.5) is 17.6 Å². The van der Waals surface area contributed by atoms with E-state index in [2.05, 4.69) is 4.98 Å². The molecule has 0 aliphatic heterocycles. The summed E-state index contributed by atoms with van der Waals surface area (Å²) < 4.78 is 61.5. The number of halogens is 4. The van der Waals surface area contributed by atoms with E-state index in [1.807, 2.05) is 6.07 Å². The molecule has 32 heavy (non-hydrogen) atoms. The molecule has 0 aliphatic carbocycles. The molecule has 3 aromatic rings. The number of nitriles is 1. The minimum Gasteiger partial charge on any atom is -0.496 e. The van der Waals surface area contributed by atoms with Crippen molar-refractivity contribution in [1.82, 2.24) is 4.98 Å². The summed E-state index contributed by atoms with van der Waals surface area (Å²) in [6.45, 7) is 4.78. The molecule has 2 N–H and O–H groups in total. The molecule has 1 aromatic heterocycles. The van der Waals surface area contributed by atoms with Crippen molar-refractivity contribution in [1.29, 1.82) is 5.26 Å². The normalized spacial score (nSPS) is 14.2. The highest BCUT2D eigenvalue weighted by Crippen LogP contribution is 2.45. The topological polar surface area (TPSA) is 69.0 Å². The summed E-state index contributed by atoms with van der Waals surface area (Å²) in [7, 11) is 1.35. The minimum absolute atomic E-state index is 0.181. The third-order valence-electron chi connectivity index (χ3n) is 5.77. The van der Waals surface area contributed by atoms with Crippen molar-refractivity contribution in [3.63, 3.8) is 0 Å². The first kappa shape index (κ1) is 23.6. The number of ether oxygens (including phenoxy) is 1. The van der Waals surface area contributed by atoms with E-state index >= 15 is 0 Å². The van der Waals surface area contributed by atoms with E-state index in [0.717, 1.165) is 17.7 Å². The molecule has 8 heteroatoms. The number of fused-ring (bicyclic) bond motifs is 1. The van der Waals surface area contributed by atoms with E-state index in [9.17, 15) is 22.7 Å². The molecule has 1 heterocycles. The molecule has 0 fully saturated rings. The van der Waals surface area contributed by atoms with Crippen LogP contribution in [0.2, 0.25) is 0 Å². The van der Waals surface area contributed by atoms with Gasteiger partial charge in [-0.2, -0.15) is 18.4 Å². The fourth-order valence-electron chi connectivity index (χ4n) is 4.25. The first-order valence-corrected chi connectivity index (χ1v) is 9.95. The Bertz CT molecular complexity index is 1190. The van der Waals surface area contributed by atoms with Gasteiger partial charge in [0.15, 0.2) is 5.60 Å². The van der Waals surface area contributed by atoms with E-state index < -0.39 is 35.9 Å². The van der Waals surface area contributed by atoms with Gasteiger partial charge in [0.25, 0.3) is 0 Å². The quantitative estimate of drug-likeness (QED) is 0.476. The zero-order chi connectivity index (χ0) is 23.9. The Hall–Kier alpha value is -3.05. The van der Waals surface area contributed by atoms with Crippen molar-refractivity contribution in [3.8, 4) is 11.8 Å². The van der Waals surface area contributed by atoms with Crippen LogP contribution in [0.3, 0.4) is 0 Å². The van der Waals surface area contributed by atoms with Crippen molar-refractivity contribution >= 4 is 10.9 Å². The second-order valence-corrected chi connectivity index (χ2v) is 8.77. The van der Waals surface area contributed by atoms with Gasteiger partial charge < -0.3 is 14.8 Å². The van der Waals surface area contributed by atoms with Gasteiger partial charge in [-0.25, -0.2) is 4.39 Å². The number of aromatic nitrogens is 1. The lowest BCUT2D eigenvalue weighted by molar-refractivity contribution is -0.266. The van der Waals surface area contributed by atoms with E-state index in [0.29, 0.717) is 16.5 Å². The fraction of sp³-hybridized carbons (Fsp3) is 0.375. The first-order chi connectivity index (χ1) is 14.8. The number of H-pyrrole nitrogens is 1. The molecule has 0 spiro atoms. The van der Waals surface area contributed by atoms with Crippen LogP contribution >= 0.6 is 0 Å². The van der Waals surface area contributed by atoms with E-state index in [-0.39, 0.29) is 17.0 Å². The zero-order valence-electron chi connectivity index (χ0n) is 18.2. The molecule has 1 unspecified atom stereocenters. The Labute approximate surface area is 183 Å². The van der Waals surface area contributed by atoms with Crippen LogP contribution in [-0.4, -0.2) is 29.0 Å². The largest absolute Gasteiger partial charge is 0.496 e. The summed E-state index contributed by atoms with van der Waals surface area (Å²) in [5.41, 5.74) is -2.31. The molecule has 170 valence electrons. The molecule has 2 aromatic carbocycles. The highest BCUT2D eigenvalue weighted by Gasteiger charge is 2.56. The van der Waals surface area contributed by atoms with Gasteiger partial charge >= 0.3 is 6.18 Å². The third kappa shape index (κ3) is 4.44. The maximum absolute atomic E-state index is 14.1. The van der Waals surface area contributed by atoms with Gasteiger partial charge in [-0.1, -0.05) is 13.8 Å². The number of alkyl halides is 3. The SMILES string of the molecule is COc1ccc(F)cc1C(C)(C)CC(O)(Cc1cc2c(C)cc(C#N)cc2[nH]1)C(F)(F)F. The number of nitrogens with one attached hydrogen (secondary N) is 1. The number of hydrogen-bond acceptors (Lipinski definition) is 3. The first-order valence-electron chi connectivity index (χ1n) is 9.95. The van der Waals surface area contributed by atoms with E-state index in [4.69, 9.17) is 10.00 Å². The second-order valence-electron chi connectivity index (χ2n) is 8.77. The summed E-state index contributed by atoms with van der Waals surface area (Å²) >= 11 is 0. The number of nitrogens with zero attached hydrogens (tertiary/aromatic N) is 1. The molecule has 0 radical (unpaired) electrons. The van der Waals surface area contributed by atoms with Gasteiger partial charge in [0.05, 0.1) is 18.7 Å². The van der Waals surface area contributed by atoms with Crippen LogP contribution in [0.15, 0.2) is 36.4 Å². The second kappa shape index (κ2) is 8.14. The summed E-state index contributed by atoms with van der Waals surface area (Å²) in [4.78, 5) is 2.90. The maximum atomic E-state index is 14.1. The van der Waals surface area contributed by atoms with Crippen LogP contribution in [0.5, 0.6) is 5.75 Å². The Kier molecular flexibility index (Phi) is 6.00. The molecular weight excluding hydrogens is 424 g/mol. The molecule has 1 atom stereocenters. The van der Waals surface area contributed by atoms with Crippen LogP contribution < -0.4 is 4.74 Å². The smallest absolute Gasteiger partial charge is 0.417 e. The lowest BCUT2D eigenvalue weighted by atomic mass is 9.73. The number of rotatable bonds is 6. The van der Waals surface area contributed by atoms with Gasteiger partial charge in [0.1, 0.15) is 11.6 Å². The molecule has 3 rings (SSSR count). The number of aryl methyl sites for hydroxylation is 1. The lowest BCUT2D eigenvalue weighted by Gasteiger charge is -2.38. The van der Waals surface area contributed by atoms with Crippen LogP contribution in [0.25, 0.3) is 10.9 Å². The Morgan fingerprint density at radius 1 is 1.12 bits per heavy atom. The van der Waals surface area contributed by atoms with Gasteiger partial charge in [-0.3, -0.25) is 0 Å². The summed E-state index contributed by atoms with van der Waals surface area (Å²) in [5, 5.41) is 20.7. The summed E-state index contributed by atoms with van der Waals surface area (Å²) in [5.74, 6) is -0.366. The summed E-state index contributed by atoms with van der Waals surface area (Å²) in [6.07, 6.45) is -6.40. The highest BCUT2D eigenvalue weighted by atomic mass is 19.4. The number of aromatic amines is 1. The van der Waals surface area contributed by atoms with E-state index in [1.165, 1.54) is 27.0 Å². The number of hydrogen-bond donors (Lipinski definition) is 2. The predicted octanol–water partition coefficient (Wildman–Crippen LogP) is 5.70. The van der Waals surface area contributed by atoms with Crippen molar-refractivity contribution in [3.05, 3.63) is 64.6 Å². The molecule has 0 aliphatic rings. The predicted molar refractivity (Wildman–Crippen MR) is 113 cm³/mol.